The fourth-order valence-corrected chi connectivity index (χ4v) is 2.17. The summed E-state index contributed by atoms with van der Waals surface area (Å²) in [5, 5.41) is 21.4. The monoisotopic (exact) mass is 293 g/mol. The minimum atomic E-state index is -0.852. The van der Waals surface area contributed by atoms with E-state index in [9.17, 15) is 14.7 Å². The molecule has 1 aliphatic rings. The zero-order chi connectivity index (χ0) is 15.8. The Balaban J connectivity index is 2.03. The number of phenolic OH excluding ortho intramolecular Hbond substituents is 1. The molecule has 3 N–H and O–H groups in total. The van der Waals surface area contributed by atoms with Gasteiger partial charge >= 0.3 is 12.1 Å². The molecule has 1 aromatic carbocycles. The molecule has 0 bridgehead atoms. The van der Waals surface area contributed by atoms with Crippen LogP contribution in [0.5, 0.6) is 5.75 Å². The molecular formula is C15H19NO5. The number of carboxylic acids is 1. The summed E-state index contributed by atoms with van der Waals surface area (Å²) in [7, 11) is 0. The maximum absolute atomic E-state index is 11.6. The fourth-order valence-electron chi connectivity index (χ4n) is 2.17. The van der Waals surface area contributed by atoms with E-state index in [0.717, 1.165) is 0 Å². The highest BCUT2D eigenvalue weighted by atomic mass is 16.6. The van der Waals surface area contributed by atoms with Gasteiger partial charge in [0, 0.05) is 17.7 Å². The van der Waals surface area contributed by atoms with Crippen molar-refractivity contribution in [3.05, 3.63) is 23.8 Å². The molecule has 0 heterocycles. The zero-order valence-electron chi connectivity index (χ0n) is 12.2. The van der Waals surface area contributed by atoms with Crippen molar-refractivity contribution in [3.8, 4) is 5.75 Å². The van der Waals surface area contributed by atoms with Gasteiger partial charge in [-0.15, -0.1) is 0 Å². The Kier molecular flexibility index (Phi) is 3.80. The molecule has 0 unspecified atom stereocenters. The highest BCUT2D eigenvalue weighted by Gasteiger charge is 2.45. The summed E-state index contributed by atoms with van der Waals surface area (Å²) in [6.45, 7) is 5.27. The Morgan fingerprint density at radius 1 is 1.33 bits per heavy atom. The molecule has 1 saturated carbocycles. The number of hydrogen-bond donors (Lipinski definition) is 3. The van der Waals surface area contributed by atoms with Crippen LogP contribution < -0.4 is 5.32 Å². The minimum absolute atomic E-state index is 0.0164. The Bertz CT molecular complexity index is 576. The SMILES string of the molecule is CC(C)(C)OC(=O)Nc1ccc([C@@H]2C[C@H]2C(=O)O)c(O)c1. The molecule has 1 fully saturated rings. The van der Waals surface area contributed by atoms with Crippen molar-refractivity contribution in [2.75, 3.05) is 5.32 Å². The van der Waals surface area contributed by atoms with Crippen LogP contribution >= 0.6 is 0 Å². The molecule has 1 aliphatic carbocycles. The number of anilines is 1. The number of carbonyl (C=O) groups is 2. The number of rotatable bonds is 3. The summed E-state index contributed by atoms with van der Waals surface area (Å²) in [5.74, 6) is -1.45. The standard InChI is InChI=1S/C15H19NO5/c1-15(2,3)21-14(20)16-8-4-5-9(12(17)6-8)10-7-11(10)13(18)19/h4-6,10-11,17H,7H2,1-3H3,(H,16,20)(H,18,19)/t10-,11+/m0/s1. The second kappa shape index (κ2) is 5.27. The van der Waals surface area contributed by atoms with Crippen LogP contribution in [0, 0.1) is 5.92 Å². The molecule has 2 atom stereocenters. The molecule has 6 nitrogen and oxygen atoms in total. The largest absolute Gasteiger partial charge is 0.508 e. The van der Waals surface area contributed by atoms with E-state index in [0.29, 0.717) is 17.7 Å². The van der Waals surface area contributed by atoms with Crippen molar-refractivity contribution >= 4 is 17.7 Å². The zero-order valence-corrected chi connectivity index (χ0v) is 12.2. The van der Waals surface area contributed by atoms with E-state index in [1.165, 1.54) is 6.07 Å². The van der Waals surface area contributed by atoms with Crippen molar-refractivity contribution in [1.82, 2.24) is 0 Å². The van der Waals surface area contributed by atoms with E-state index in [1.54, 1.807) is 32.9 Å². The van der Waals surface area contributed by atoms with E-state index in [-0.39, 0.29) is 11.7 Å². The van der Waals surface area contributed by atoms with E-state index >= 15 is 0 Å². The van der Waals surface area contributed by atoms with Gasteiger partial charge in [0.15, 0.2) is 0 Å². The average molecular weight is 293 g/mol. The van der Waals surface area contributed by atoms with Crippen LogP contribution in [0.2, 0.25) is 0 Å². The van der Waals surface area contributed by atoms with Gasteiger partial charge in [0.25, 0.3) is 0 Å². The Hall–Kier alpha value is -2.24. The van der Waals surface area contributed by atoms with Gasteiger partial charge in [-0.3, -0.25) is 10.1 Å². The first kappa shape index (κ1) is 15.2. The first-order chi connectivity index (χ1) is 9.67. The number of aliphatic carboxylic acids is 1. The van der Waals surface area contributed by atoms with Crippen LogP contribution in [0.15, 0.2) is 18.2 Å². The van der Waals surface area contributed by atoms with Gasteiger partial charge in [0.1, 0.15) is 11.4 Å². The van der Waals surface area contributed by atoms with E-state index < -0.39 is 23.6 Å². The van der Waals surface area contributed by atoms with Crippen LogP contribution in [0.1, 0.15) is 38.7 Å². The average Bonchev–Trinajstić information content (AvgIpc) is 3.06. The number of benzene rings is 1. The maximum Gasteiger partial charge on any atom is 0.412 e. The van der Waals surface area contributed by atoms with Crippen molar-refractivity contribution in [2.24, 2.45) is 5.92 Å². The van der Waals surface area contributed by atoms with Gasteiger partial charge in [-0.25, -0.2) is 4.79 Å². The molecule has 2 rings (SSSR count). The maximum atomic E-state index is 11.6. The number of carbonyl (C=O) groups excluding carboxylic acids is 1. The Morgan fingerprint density at radius 3 is 2.48 bits per heavy atom. The summed E-state index contributed by atoms with van der Waals surface area (Å²) in [6.07, 6.45) is -0.0775. The second-order valence-corrected chi connectivity index (χ2v) is 6.19. The normalized spacial score (nSPS) is 20.7. The summed E-state index contributed by atoms with van der Waals surface area (Å²) < 4.78 is 5.11. The molecule has 0 aliphatic heterocycles. The number of ether oxygens (including phenoxy) is 1. The predicted octanol–water partition coefficient (Wildman–Crippen LogP) is 2.93. The lowest BCUT2D eigenvalue weighted by molar-refractivity contribution is -0.138. The molecule has 0 spiro atoms. The van der Waals surface area contributed by atoms with Crippen LogP contribution in [0.4, 0.5) is 10.5 Å². The third kappa shape index (κ3) is 3.87. The molecular weight excluding hydrogens is 274 g/mol. The first-order valence-corrected chi connectivity index (χ1v) is 6.73. The third-order valence-corrected chi connectivity index (χ3v) is 3.18. The van der Waals surface area contributed by atoms with E-state index in [4.69, 9.17) is 9.84 Å². The Morgan fingerprint density at radius 2 is 2.00 bits per heavy atom. The minimum Gasteiger partial charge on any atom is -0.508 e. The number of carboxylic acid groups (broad SMARTS) is 1. The number of amides is 1. The van der Waals surface area contributed by atoms with Gasteiger partial charge in [-0.1, -0.05) is 6.07 Å². The lowest BCUT2D eigenvalue weighted by Crippen LogP contribution is -2.27. The smallest absolute Gasteiger partial charge is 0.412 e. The molecule has 21 heavy (non-hydrogen) atoms. The van der Waals surface area contributed by atoms with Gasteiger partial charge in [-0.05, 0) is 38.8 Å². The van der Waals surface area contributed by atoms with Gasteiger partial charge in [0.05, 0.1) is 5.92 Å². The number of nitrogens with one attached hydrogen (secondary N) is 1. The fraction of sp³-hybridized carbons (Fsp3) is 0.467. The van der Waals surface area contributed by atoms with Crippen LogP contribution in [0.3, 0.4) is 0 Å². The summed E-state index contributed by atoms with van der Waals surface area (Å²) in [4.78, 5) is 22.5. The van der Waals surface area contributed by atoms with Crippen LogP contribution in [-0.4, -0.2) is 27.9 Å². The van der Waals surface area contributed by atoms with E-state index in [2.05, 4.69) is 5.32 Å². The highest BCUT2D eigenvalue weighted by molar-refractivity contribution is 5.85. The number of aromatic hydroxyl groups is 1. The molecule has 1 aromatic rings. The molecule has 0 aromatic heterocycles. The van der Waals surface area contributed by atoms with Crippen molar-refractivity contribution in [1.29, 1.82) is 0 Å². The summed E-state index contributed by atoms with van der Waals surface area (Å²) in [5.41, 5.74) is 0.393. The lowest BCUT2D eigenvalue weighted by atomic mass is 10.1. The third-order valence-electron chi connectivity index (χ3n) is 3.18. The number of phenols is 1. The molecule has 6 heteroatoms. The van der Waals surface area contributed by atoms with Gasteiger partial charge in [-0.2, -0.15) is 0 Å². The van der Waals surface area contributed by atoms with Crippen molar-refractivity contribution in [2.45, 2.75) is 38.7 Å². The highest BCUT2D eigenvalue weighted by Crippen LogP contribution is 2.50. The number of hydrogen-bond acceptors (Lipinski definition) is 4. The topological polar surface area (TPSA) is 95.9 Å². The molecule has 1 amide bonds. The van der Waals surface area contributed by atoms with E-state index in [1.807, 2.05) is 0 Å². The molecule has 114 valence electrons. The van der Waals surface area contributed by atoms with Crippen molar-refractivity contribution in [3.63, 3.8) is 0 Å². The molecule has 0 radical (unpaired) electrons. The summed E-state index contributed by atoms with van der Waals surface area (Å²) in [6, 6.07) is 4.66. The first-order valence-electron chi connectivity index (χ1n) is 6.73. The van der Waals surface area contributed by atoms with Crippen molar-refractivity contribution < 1.29 is 24.5 Å². The van der Waals surface area contributed by atoms with Gasteiger partial charge in [0.2, 0.25) is 0 Å². The van der Waals surface area contributed by atoms with Crippen LogP contribution in [0.25, 0.3) is 0 Å². The lowest BCUT2D eigenvalue weighted by Gasteiger charge is -2.19. The predicted molar refractivity (Wildman–Crippen MR) is 76.4 cm³/mol. The second-order valence-electron chi connectivity index (χ2n) is 6.19. The summed E-state index contributed by atoms with van der Waals surface area (Å²) >= 11 is 0. The van der Waals surface area contributed by atoms with Gasteiger partial charge < -0.3 is 14.9 Å². The van der Waals surface area contributed by atoms with Crippen LogP contribution in [-0.2, 0) is 9.53 Å². The molecule has 0 saturated heterocycles. The Labute approximate surface area is 122 Å². The quantitative estimate of drug-likeness (QED) is 0.796.